The fourth-order valence-electron chi connectivity index (χ4n) is 1.19. The van der Waals surface area contributed by atoms with E-state index in [1.165, 1.54) is 6.08 Å². The minimum absolute atomic E-state index is 0.00111. The maximum absolute atomic E-state index is 10.6. The van der Waals surface area contributed by atoms with Crippen LogP contribution in [0.1, 0.15) is 5.56 Å². The zero-order valence-electron chi connectivity index (χ0n) is 7.27. The fourth-order valence-corrected chi connectivity index (χ4v) is 1.19. The number of para-hydroxylation sites is 1. The molecule has 4 heteroatoms. The molecule has 0 spiro atoms. The highest BCUT2D eigenvalue weighted by atomic mass is 16.4. The fraction of sp³-hybridized carbons (Fsp3) is 0. The summed E-state index contributed by atoms with van der Waals surface area (Å²) in [6.07, 6.45) is 3.20. The normalized spacial score (nSPS) is 13.6. The van der Waals surface area contributed by atoms with Gasteiger partial charge in [0, 0.05) is 0 Å². The molecule has 1 aliphatic heterocycles. The maximum atomic E-state index is 10.6. The molecule has 1 aromatic rings. The van der Waals surface area contributed by atoms with Crippen LogP contribution in [0.2, 0.25) is 0 Å². The van der Waals surface area contributed by atoms with E-state index in [-0.39, 0.29) is 5.71 Å². The highest BCUT2D eigenvalue weighted by molar-refractivity contribution is 6.41. The van der Waals surface area contributed by atoms with Gasteiger partial charge in [-0.15, -0.1) is 0 Å². The molecule has 4 nitrogen and oxygen atoms in total. The molecule has 70 valence electrons. The van der Waals surface area contributed by atoms with Crippen molar-refractivity contribution >= 4 is 23.4 Å². The number of hydrazone groups is 1. The molecule has 0 radical (unpaired) electrons. The van der Waals surface area contributed by atoms with Crippen LogP contribution in [0.4, 0.5) is 5.69 Å². The van der Waals surface area contributed by atoms with Crippen molar-refractivity contribution in [1.29, 1.82) is 0 Å². The van der Waals surface area contributed by atoms with Gasteiger partial charge in [-0.2, -0.15) is 5.10 Å². The van der Waals surface area contributed by atoms with Crippen LogP contribution >= 0.6 is 0 Å². The van der Waals surface area contributed by atoms with Crippen LogP contribution in [0, 0.1) is 0 Å². The Morgan fingerprint density at radius 1 is 1.29 bits per heavy atom. The van der Waals surface area contributed by atoms with E-state index >= 15 is 0 Å². The third-order valence-electron chi connectivity index (χ3n) is 1.90. The lowest BCUT2D eigenvalue weighted by Gasteiger charge is -2.01. The lowest BCUT2D eigenvalue weighted by atomic mass is 10.1. The van der Waals surface area contributed by atoms with Gasteiger partial charge in [-0.25, -0.2) is 4.79 Å². The Bertz CT molecular complexity index is 436. The molecule has 2 rings (SSSR count). The third-order valence-corrected chi connectivity index (χ3v) is 1.90. The van der Waals surface area contributed by atoms with Gasteiger partial charge in [-0.05, 0) is 17.7 Å². The number of nitrogens with one attached hydrogen (secondary N) is 1. The first-order valence-electron chi connectivity index (χ1n) is 4.11. The molecule has 0 fully saturated rings. The van der Waals surface area contributed by atoms with Gasteiger partial charge < -0.3 is 5.11 Å². The summed E-state index contributed by atoms with van der Waals surface area (Å²) in [5, 5.41) is 12.5. The van der Waals surface area contributed by atoms with E-state index in [0.717, 1.165) is 11.3 Å². The van der Waals surface area contributed by atoms with Gasteiger partial charge in [0.25, 0.3) is 0 Å². The first-order chi connectivity index (χ1) is 6.77. The Hall–Kier alpha value is -2.10. The van der Waals surface area contributed by atoms with Gasteiger partial charge in [0.05, 0.1) is 5.69 Å². The van der Waals surface area contributed by atoms with Crippen LogP contribution in [0.5, 0.6) is 0 Å². The van der Waals surface area contributed by atoms with Crippen molar-refractivity contribution in [3.8, 4) is 0 Å². The van der Waals surface area contributed by atoms with Crippen molar-refractivity contribution in [3.63, 3.8) is 0 Å². The molecule has 0 aliphatic carbocycles. The Kier molecular flexibility index (Phi) is 2.02. The monoisotopic (exact) mass is 188 g/mol. The molecular weight excluding hydrogens is 180 g/mol. The van der Waals surface area contributed by atoms with Crippen molar-refractivity contribution < 1.29 is 9.90 Å². The third kappa shape index (κ3) is 1.50. The van der Waals surface area contributed by atoms with Crippen LogP contribution in [-0.4, -0.2) is 16.8 Å². The molecular formula is C10H8N2O2. The largest absolute Gasteiger partial charge is 0.476 e. The topological polar surface area (TPSA) is 61.7 Å². The lowest BCUT2D eigenvalue weighted by Crippen LogP contribution is -2.10. The lowest BCUT2D eigenvalue weighted by molar-refractivity contribution is -0.129. The maximum Gasteiger partial charge on any atom is 0.356 e. The SMILES string of the molecule is O=C(O)C1=NNc2ccccc2C=C1. The number of carboxylic acids is 1. The van der Waals surface area contributed by atoms with E-state index in [2.05, 4.69) is 10.5 Å². The van der Waals surface area contributed by atoms with Crippen molar-refractivity contribution in [2.45, 2.75) is 0 Å². The van der Waals surface area contributed by atoms with Crippen LogP contribution in [0.3, 0.4) is 0 Å². The van der Waals surface area contributed by atoms with E-state index in [4.69, 9.17) is 5.11 Å². The van der Waals surface area contributed by atoms with Crippen molar-refractivity contribution in [3.05, 3.63) is 35.9 Å². The standard InChI is InChI=1S/C10H8N2O2/c13-10(14)9-6-5-7-3-1-2-4-8(7)11-12-9/h1-6,11H,(H,13,14). The highest BCUT2D eigenvalue weighted by Gasteiger charge is 2.09. The summed E-state index contributed by atoms with van der Waals surface area (Å²) in [6, 6.07) is 7.48. The minimum atomic E-state index is -1.04. The summed E-state index contributed by atoms with van der Waals surface area (Å²) in [7, 11) is 0. The zero-order valence-corrected chi connectivity index (χ0v) is 7.27. The molecule has 1 aliphatic rings. The summed E-state index contributed by atoms with van der Waals surface area (Å²) < 4.78 is 0. The van der Waals surface area contributed by atoms with Crippen LogP contribution in [-0.2, 0) is 4.79 Å². The van der Waals surface area contributed by atoms with Gasteiger partial charge in [-0.1, -0.05) is 24.3 Å². The van der Waals surface area contributed by atoms with Crippen LogP contribution < -0.4 is 5.43 Å². The smallest absolute Gasteiger partial charge is 0.356 e. The number of fused-ring (bicyclic) bond motifs is 1. The first-order valence-corrected chi connectivity index (χ1v) is 4.11. The molecule has 0 saturated heterocycles. The molecule has 0 amide bonds. The van der Waals surface area contributed by atoms with Crippen molar-refractivity contribution in [2.75, 3.05) is 5.43 Å². The Labute approximate surface area is 80.6 Å². The number of aliphatic carboxylic acids is 1. The molecule has 0 saturated carbocycles. The molecule has 0 atom stereocenters. The molecule has 2 N–H and O–H groups in total. The number of anilines is 1. The number of carboxylic acid groups (broad SMARTS) is 1. The molecule has 0 aromatic heterocycles. The van der Waals surface area contributed by atoms with Gasteiger partial charge in [0.15, 0.2) is 5.71 Å². The van der Waals surface area contributed by atoms with Crippen LogP contribution in [0.15, 0.2) is 35.4 Å². The summed E-state index contributed by atoms with van der Waals surface area (Å²) in [5.74, 6) is -1.04. The Morgan fingerprint density at radius 3 is 2.86 bits per heavy atom. The molecule has 0 bridgehead atoms. The molecule has 1 heterocycles. The minimum Gasteiger partial charge on any atom is -0.476 e. The van der Waals surface area contributed by atoms with E-state index < -0.39 is 5.97 Å². The quantitative estimate of drug-likeness (QED) is 0.703. The van der Waals surface area contributed by atoms with E-state index in [1.807, 2.05) is 24.3 Å². The summed E-state index contributed by atoms with van der Waals surface area (Å²) >= 11 is 0. The van der Waals surface area contributed by atoms with Gasteiger partial charge in [-0.3, -0.25) is 5.43 Å². The zero-order chi connectivity index (χ0) is 9.97. The van der Waals surface area contributed by atoms with E-state index in [0.29, 0.717) is 0 Å². The van der Waals surface area contributed by atoms with E-state index in [9.17, 15) is 4.79 Å². The summed E-state index contributed by atoms with van der Waals surface area (Å²) in [4.78, 5) is 10.6. The van der Waals surface area contributed by atoms with E-state index in [1.54, 1.807) is 6.08 Å². The number of hydrogen-bond donors (Lipinski definition) is 2. The Morgan fingerprint density at radius 2 is 2.07 bits per heavy atom. The predicted molar refractivity (Wildman–Crippen MR) is 54.2 cm³/mol. The summed E-state index contributed by atoms with van der Waals surface area (Å²) in [5.41, 5.74) is 4.43. The average molecular weight is 188 g/mol. The van der Waals surface area contributed by atoms with Gasteiger partial charge in [0.1, 0.15) is 0 Å². The second-order valence-electron chi connectivity index (χ2n) is 2.83. The molecule has 0 unspecified atom stereocenters. The molecule has 14 heavy (non-hydrogen) atoms. The van der Waals surface area contributed by atoms with Crippen molar-refractivity contribution in [1.82, 2.24) is 0 Å². The second-order valence-corrected chi connectivity index (χ2v) is 2.83. The predicted octanol–water partition coefficient (Wildman–Crippen LogP) is 1.57. The Balaban J connectivity index is 2.41. The number of hydrogen-bond acceptors (Lipinski definition) is 3. The average Bonchev–Trinajstić information content (AvgIpc) is 2.39. The number of nitrogens with zero attached hydrogens (tertiary/aromatic N) is 1. The first kappa shape index (κ1) is 8.50. The molecule has 1 aromatic carbocycles. The number of rotatable bonds is 1. The van der Waals surface area contributed by atoms with Crippen molar-refractivity contribution in [2.24, 2.45) is 5.10 Å². The highest BCUT2D eigenvalue weighted by Crippen LogP contribution is 2.18. The van der Waals surface area contributed by atoms with Crippen LogP contribution in [0.25, 0.3) is 6.08 Å². The van der Waals surface area contributed by atoms with Gasteiger partial charge >= 0.3 is 5.97 Å². The van der Waals surface area contributed by atoms with Gasteiger partial charge in [0.2, 0.25) is 0 Å². The second kappa shape index (κ2) is 3.33. The summed E-state index contributed by atoms with van der Waals surface area (Å²) in [6.45, 7) is 0. The number of carbonyl (C=O) groups is 1. The number of benzene rings is 1.